The topological polar surface area (TPSA) is 51.2 Å². The van der Waals surface area contributed by atoms with E-state index in [1.54, 1.807) is 23.3 Å². The SMILES string of the molecule is COc1cccc(N2CC3(COCCN(Cc4cccs4)C3)OCC2=O)c1. The fourth-order valence-corrected chi connectivity index (χ4v) is 4.40. The molecule has 1 amide bonds. The predicted octanol–water partition coefficient (Wildman–Crippen LogP) is 2.39. The van der Waals surface area contributed by atoms with Gasteiger partial charge in [0.05, 0.1) is 26.9 Å². The lowest BCUT2D eigenvalue weighted by Gasteiger charge is -2.43. The molecule has 3 heterocycles. The normalized spacial score (nSPS) is 24.2. The summed E-state index contributed by atoms with van der Waals surface area (Å²) >= 11 is 1.76. The lowest BCUT2D eigenvalue weighted by molar-refractivity contribution is -0.146. The molecule has 1 aromatic carbocycles. The molecular formula is C20H24N2O4S. The number of hydrogen-bond acceptors (Lipinski definition) is 6. The van der Waals surface area contributed by atoms with Gasteiger partial charge in [-0.15, -0.1) is 11.3 Å². The molecule has 2 saturated heterocycles. The van der Waals surface area contributed by atoms with Gasteiger partial charge >= 0.3 is 0 Å². The quantitative estimate of drug-likeness (QED) is 0.805. The van der Waals surface area contributed by atoms with Crippen molar-refractivity contribution in [3.8, 4) is 5.75 Å². The Labute approximate surface area is 163 Å². The molecule has 2 fully saturated rings. The predicted molar refractivity (Wildman–Crippen MR) is 104 cm³/mol. The van der Waals surface area contributed by atoms with Crippen molar-refractivity contribution in [3.63, 3.8) is 0 Å². The van der Waals surface area contributed by atoms with Crippen LogP contribution < -0.4 is 9.64 Å². The zero-order chi connectivity index (χ0) is 18.7. The Kier molecular flexibility index (Phi) is 5.45. The zero-order valence-electron chi connectivity index (χ0n) is 15.4. The summed E-state index contributed by atoms with van der Waals surface area (Å²) in [5.41, 5.74) is 0.307. The van der Waals surface area contributed by atoms with Gasteiger partial charge in [-0.2, -0.15) is 0 Å². The Morgan fingerprint density at radius 1 is 1.26 bits per heavy atom. The zero-order valence-corrected chi connectivity index (χ0v) is 16.2. The number of benzene rings is 1. The molecule has 1 atom stereocenters. The van der Waals surface area contributed by atoms with Crippen LogP contribution in [0, 0.1) is 0 Å². The third kappa shape index (κ3) is 4.16. The highest BCUT2D eigenvalue weighted by atomic mass is 32.1. The van der Waals surface area contributed by atoms with Gasteiger partial charge in [-0.3, -0.25) is 9.69 Å². The standard InChI is InChI=1S/C20H24N2O4S/c1-24-17-5-2-4-16(10-17)22-14-20(26-12-19(22)23)13-21(7-8-25-15-20)11-18-6-3-9-27-18/h2-6,9-10H,7-8,11-15H2,1H3. The van der Waals surface area contributed by atoms with E-state index in [4.69, 9.17) is 14.2 Å². The number of rotatable bonds is 4. The van der Waals surface area contributed by atoms with Crippen molar-refractivity contribution in [2.75, 3.05) is 51.5 Å². The molecule has 0 radical (unpaired) electrons. The van der Waals surface area contributed by atoms with E-state index in [0.717, 1.165) is 31.1 Å². The van der Waals surface area contributed by atoms with Crippen LogP contribution in [-0.2, 0) is 20.8 Å². The van der Waals surface area contributed by atoms with Gasteiger partial charge in [0.1, 0.15) is 18.0 Å². The van der Waals surface area contributed by atoms with Crippen molar-refractivity contribution in [3.05, 3.63) is 46.7 Å². The first-order valence-electron chi connectivity index (χ1n) is 9.08. The van der Waals surface area contributed by atoms with E-state index in [1.165, 1.54) is 4.88 Å². The minimum Gasteiger partial charge on any atom is -0.497 e. The van der Waals surface area contributed by atoms with Gasteiger partial charge in [0.2, 0.25) is 0 Å². The van der Waals surface area contributed by atoms with Crippen LogP contribution in [0.2, 0.25) is 0 Å². The first kappa shape index (κ1) is 18.4. The highest BCUT2D eigenvalue weighted by molar-refractivity contribution is 7.09. The minimum atomic E-state index is -0.523. The van der Waals surface area contributed by atoms with E-state index in [0.29, 0.717) is 19.8 Å². The molecule has 27 heavy (non-hydrogen) atoms. The van der Waals surface area contributed by atoms with Crippen molar-refractivity contribution in [1.29, 1.82) is 0 Å². The molecule has 0 aliphatic carbocycles. The summed E-state index contributed by atoms with van der Waals surface area (Å²) in [5.74, 6) is 0.695. The summed E-state index contributed by atoms with van der Waals surface area (Å²) in [4.78, 5) is 18.0. The number of anilines is 1. The van der Waals surface area contributed by atoms with Gasteiger partial charge in [0.25, 0.3) is 5.91 Å². The molecule has 1 spiro atoms. The molecule has 7 heteroatoms. The van der Waals surface area contributed by atoms with E-state index in [1.807, 2.05) is 24.3 Å². The van der Waals surface area contributed by atoms with Crippen molar-refractivity contribution >= 4 is 22.9 Å². The van der Waals surface area contributed by atoms with Gasteiger partial charge in [-0.25, -0.2) is 0 Å². The molecular weight excluding hydrogens is 364 g/mol. The van der Waals surface area contributed by atoms with Crippen LogP contribution in [0.4, 0.5) is 5.69 Å². The fraction of sp³-hybridized carbons (Fsp3) is 0.450. The Bertz CT molecular complexity index is 782. The largest absolute Gasteiger partial charge is 0.497 e. The minimum absolute atomic E-state index is 0.0390. The van der Waals surface area contributed by atoms with Crippen molar-refractivity contribution < 1.29 is 19.0 Å². The highest BCUT2D eigenvalue weighted by Gasteiger charge is 2.43. The second kappa shape index (κ2) is 7.98. The molecule has 0 bridgehead atoms. The first-order valence-corrected chi connectivity index (χ1v) is 9.96. The van der Waals surface area contributed by atoms with Crippen LogP contribution in [-0.4, -0.2) is 63.0 Å². The number of amides is 1. The van der Waals surface area contributed by atoms with Gasteiger partial charge in [-0.05, 0) is 23.6 Å². The summed E-state index contributed by atoms with van der Waals surface area (Å²) < 4.78 is 17.3. The lowest BCUT2D eigenvalue weighted by Crippen LogP contribution is -2.60. The third-order valence-electron chi connectivity index (χ3n) is 5.00. The lowest BCUT2D eigenvalue weighted by atomic mass is 10.0. The molecule has 144 valence electrons. The fourth-order valence-electron chi connectivity index (χ4n) is 3.65. The first-order chi connectivity index (χ1) is 13.2. The molecule has 1 aromatic heterocycles. The number of morpholine rings is 1. The summed E-state index contributed by atoms with van der Waals surface area (Å²) in [7, 11) is 1.63. The van der Waals surface area contributed by atoms with Crippen LogP contribution in [0.25, 0.3) is 0 Å². The maximum Gasteiger partial charge on any atom is 0.253 e. The number of thiophene rings is 1. The second-order valence-corrected chi connectivity index (χ2v) is 8.03. The molecule has 4 rings (SSSR count). The van der Waals surface area contributed by atoms with Crippen LogP contribution in [0.3, 0.4) is 0 Å². The molecule has 6 nitrogen and oxygen atoms in total. The molecule has 0 saturated carbocycles. The highest BCUT2D eigenvalue weighted by Crippen LogP contribution is 2.29. The molecule has 1 unspecified atom stereocenters. The average molecular weight is 388 g/mol. The Morgan fingerprint density at radius 3 is 3.00 bits per heavy atom. The van der Waals surface area contributed by atoms with Crippen LogP contribution in [0.1, 0.15) is 4.88 Å². The molecule has 2 aliphatic heterocycles. The molecule has 2 aliphatic rings. The van der Waals surface area contributed by atoms with Gasteiger partial charge in [0.15, 0.2) is 0 Å². The third-order valence-corrected chi connectivity index (χ3v) is 5.86. The second-order valence-electron chi connectivity index (χ2n) is 7.00. The summed E-state index contributed by atoms with van der Waals surface area (Å²) in [6, 6.07) is 11.8. The van der Waals surface area contributed by atoms with E-state index < -0.39 is 5.60 Å². The maximum atomic E-state index is 12.6. The van der Waals surface area contributed by atoms with E-state index >= 15 is 0 Å². The number of methoxy groups -OCH3 is 1. The van der Waals surface area contributed by atoms with E-state index in [9.17, 15) is 4.79 Å². The number of ether oxygens (including phenoxy) is 3. The van der Waals surface area contributed by atoms with Gasteiger partial charge < -0.3 is 19.1 Å². The van der Waals surface area contributed by atoms with E-state index in [2.05, 4.69) is 22.4 Å². The van der Waals surface area contributed by atoms with Crippen molar-refractivity contribution in [2.24, 2.45) is 0 Å². The van der Waals surface area contributed by atoms with Crippen LogP contribution >= 0.6 is 11.3 Å². The van der Waals surface area contributed by atoms with E-state index in [-0.39, 0.29) is 12.5 Å². The summed E-state index contributed by atoms with van der Waals surface area (Å²) in [6.45, 7) is 4.16. The van der Waals surface area contributed by atoms with Gasteiger partial charge in [0, 0.05) is 36.3 Å². The van der Waals surface area contributed by atoms with Crippen LogP contribution in [0.15, 0.2) is 41.8 Å². The summed E-state index contributed by atoms with van der Waals surface area (Å²) in [5, 5.41) is 2.10. The average Bonchev–Trinajstić information content (AvgIpc) is 3.12. The smallest absolute Gasteiger partial charge is 0.253 e. The van der Waals surface area contributed by atoms with Gasteiger partial charge in [-0.1, -0.05) is 12.1 Å². The molecule has 0 N–H and O–H groups in total. The number of nitrogens with zero attached hydrogens (tertiary/aromatic N) is 2. The Balaban J connectivity index is 1.54. The Morgan fingerprint density at radius 2 is 2.19 bits per heavy atom. The Hall–Kier alpha value is -1.93. The van der Waals surface area contributed by atoms with Crippen molar-refractivity contribution in [2.45, 2.75) is 12.1 Å². The van der Waals surface area contributed by atoms with Crippen molar-refractivity contribution in [1.82, 2.24) is 4.90 Å². The monoisotopic (exact) mass is 388 g/mol. The maximum absolute atomic E-state index is 12.6. The molecule has 2 aromatic rings. The number of carbonyl (C=O) groups excluding carboxylic acids is 1. The summed E-state index contributed by atoms with van der Waals surface area (Å²) in [6.07, 6.45) is 0. The number of carbonyl (C=O) groups is 1. The number of hydrogen-bond donors (Lipinski definition) is 0. The van der Waals surface area contributed by atoms with Crippen LogP contribution in [0.5, 0.6) is 5.75 Å².